The van der Waals surface area contributed by atoms with Crippen LogP contribution in [0.15, 0.2) is 40.2 Å². The summed E-state index contributed by atoms with van der Waals surface area (Å²) in [6.45, 7) is 2.98. The molecule has 96 valence electrons. The van der Waals surface area contributed by atoms with Gasteiger partial charge in [-0.1, -0.05) is 18.2 Å². The molecule has 1 aromatic carbocycles. The molecule has 0 spiro atoms. The van der Waals surface area contributed by atoms with E-state index in [9.17, 15) is 0 Å². The molecule has 1 atom stereocenters. The molecule has 1 aromatic heterocycles. The third-order valence-electron chi connectivity index (χ3n) is 2.81. The van der Waals surface area contributed by atoms with E-state index in [1.807, 2.05) is 18.2 Å². The first-order chi connectivity index (χ1) is 8.70. The zero-order valence-corrected chi connectivity index (χ0v) is 12.8. The van der Waals surface area contributed by atoms with Gasteiger partial charge in [-0.25, -0.2) is 0 Å². The second kappa shape index (κ2) is 6.36. The van der Waals surface area contributed by atoms with Crippen molar-refractivity contribution in [1.29, 1.82) is 0 Å². The Morgan fingerprint density at radius 3 is 2.72 bits per heavy atom. The van der Waals surface area contributed by atoms with Gasteiger partial charge in [-0.3, -0.25) is 0 Å². The number of hydrogen-bond acceptors (Lipinski definition) is 3. The van der Waals surface area contributed by atoms with E-state index in [2.05, 4.69) is 46.4 Å². The minimum absolute atomic E-state index is 0.339. The van der Waals surface area contributed by atoms with Crippen molar-refractivity contribution >= 4 is 27.3 Å². The average molecular weight is 326 g/mol. The van der Waals surface area contributed by atoms with Crippen molar-refractivity contribution in [3.8, 4) is 5.75 Å². The van der Waals surface area contributed by atoms with Crippen molar-refractivity contribution < 1.29 is 4.74 Å². The molecular weight excluding hydrogens is 310 g/mol. The summed E-state index contributed by atoms with van der Waals surface area (Å²) in [5.74, 6) is 0.935. The number of ether oxygens (including phenoxy) is 1. The lowest BCUT2D eigenvalue weighted by atomic mass is 10.2. The van der Waals surface area contributed by atoms with Crippen molar-refractivity contribution in [3.63, 3.8) is 0 Å². The number of thiophene rings is 1. The Balaban J connectivity index is 1.99. The largest absolute Gasteiger partial charge is 0.496 e. The van der Waals surface area contributed by atoms with Gasteiger partial charge in [-0.2, -0.15) is 0 Å². The molecule has 0 saturated heterocycles. The highest BCUT2D eigenvalue weighted by Gasteiger charge is 2.08. The SMILES string of the molecule is COc1ccccc1CNC(C)c1ccc(Br)s1. The highest BCUT2D eigenvalue weighted by molar-refractivity contribution is 9.11. The van der Waals surface area contributed by atoms with Crippen LogP contribution in [0.5, 0.6) is 5.75 Å². The second-order valence-corrected chi connectivity index (χ2v) is 6.55. The van der Waals surface area contributed by atoms with Crippen LogP contribution in [-0.2, 0) is 6.54 Å². The lowest BCUT2D eigenvalue weighted by molar-refractivity contribution is 0.406. The van der Waals surface area contributed by atoms with E-state index in [0.717, 1.165) is 12.3 Å². The Labute approximate surface area is 120 Å². The van der Waals surface area contributed by atoms with Gasteiger partial charge < -0.3 is 10.1 Å². The molecule has 1 N–H and O–H groups in total. The zero-order chi connectivity index (χ0) is 13.0. The highest BCUT2D eigenvalue weighted by Crippen LogP contribution is 2.27. The van der Waals surface area contributed by atoms with Crippen LogP contribution in [0, 0.1) is 0 Å². The number of para-hydroxylation sites is 1. The Hall–Kier alpha value is -0.840. The molecule has 1 unspecified atom stereocenters. The fourth-order valence-corrected chi connectivity index (χ4v) is 3.22. The molecule has 0 fully saturated rings. The topological polar surface area (TPSA) is 21.3 Å². The molecule has 0 aliphatic rings. The maximum atomic E-state index is 5.34. The highest BCUT2D eigenvalue weighted by atomic mass is 79.9. The van der Waals surface area contributed by atoms with Crippen LogP contribution in [-0.4, -0.2) is 7.11 Å². The summed E-state index contributed by atoms with van der Waals surface area (Å²) in [6.07, 6.45) is 0. The van der Waals surface area contributed by atoms with E-state index in [4.69, 9.17) is 4.74 Å². The van der Waals surface area contributed by atoms with E-state index in [0.29, 0.717) is 6.04 Å². The third-order valence-corrected chi connectivity index (χ3v) is 4.62. The predicted octanol–water partition coefficient (Wildman–Crippen LogP) is 4.37. The Morgan fingerprint density at radius 1 is 1.28 bits per heavy atom. The summed E-state index contributed by atoms with van der Waals surface area (Å²) in [4.78, 5) is 1.33. The van der Waals surface area contributed by atoms with Crippen LogP contribution < -0.4 is 10.1 Å². The molecule has 2 aromatic rings. The van der Waals surface area contributed by atoms with E-state index in [1.54, 1.807) is 18.4 Å². The molecule has 0 amide bonds. The van der Waals surface area contributed by atoms with Crippen LogP contribution in [0.3, 0.4) is 0 Å². The summed E-state index contributed by atoms with van der Waals surface area (Å²) >= 11 is 5.25. The fraction of sp³-hybridized carbons (Fsp3) is 0.286. The summed E-state index contributed by atoms with van der Waals surface area (Å²) in [5.41, 5.74) is 1.18. The van der Waals surface area contributed by atoms with Gasteiger partial charge >= 0.3 is 0 Å². The molecule has 2 nitrogen and oxygen atoms in total. The van der Waals surface area contributed by atoms with E-state index in [-0.39, 0.29) is 0 Å². The number of benzene rings is 1. The van der Waals surface area contributed by atoms with Crippen molar-refractivity contribution in [2.24, 2.45) is 0 Å². The summed E-state index contributed by atoms with van der Waals surface area (Å²) in [6, 6.07) is 12.7. The Bertz CT molecular complexity index is 512. The number of nitrogens with one attached hydrogen (secondary N) is 1. The van der Waals surface area contributed by atoms with Crippen molar-refractivity contribution in [1.82, 2.24) is 5.32 Å². The molecule has 0 aliphatic carbocycles. The fourth-order valence-electron chi connectivity index (χ4n) is 1.77. The molecule has 18 heavy (non-hydrogen) atoms. The van der Waals surface area contributed by atoms with E-state index >= 15 is 0 Å². The smallest absolute Gasteiger partial charge is 0.123 e. The number of hydrogen-bond donors (Lipinski definition) is 1. The van der Waals surface area contributed by atoms with Crippen LogP contribution in [0.25, 0.3) is 0 Å². The maximum absolute atomic E-state index is 5.34. The van der Waals surface area contributed by atoms with Gasteiger partial charge in [0.15, 0.2) is 0 Å². The first-order valence-electron chi connectivity index (χ1n) is 5.81. The van der Waals surface area contributed by atoms with Gasteiger partial charge in [0.25, 0.3) is 0 Å². The maximum Gasteiger partial charge on any atom is 0.123 e. The first kappa shape index (κ1) is 13.6. The van der Waals surface area contributed by atoms with Crippen LogP contribution >= 0.6 is 27.3 Å². The van der Waals surface area contributed by atoms with Crippen molar-refractivity contribution in [3.05, 3.63) is 50.6 Å². The van der Waals surface area contributed by atoms with Gasteiger partial charge in [0, 0.05) is 23.0 Å². The minimum Gasteiger partial charge on any atom is -0.496 e. The van der Waals surface area contributed by atoms with Gasteiger partial charge in [0.05, 0.1) is 10.9 Å². The summed E-state index contributed by atoms with van der Waals surface area (Å²) in [7, 11) is 1.71. The monoisotopic (exact) mass is 325 g/mol. The molecule has 0 saturated carbocycles. The molecular formula is C14H16BrNOS. The van der Waals surface area contributed by atoms with E-state index in [1.165, 1.54) is 14.2 Å². The average Bonchev–Trinajstić information content (AvgIpc) is 2.83. The normalized spacial score (nSPS) is 12.4. The van der Waals surface area contributed by atoms with Crippen LogP contribution in [0.2, 0.25) is 0 Å². The molecule has 0 bridgehead atoms. The lowest BCUT2D eigenvalue weighted by Gasteiger charge is -2.14. The molecule has 0 radical (unpaired) electrons. The van der Waals surface area contributed by atoms with Gasteiger partial charge in [-0.05, 0) is 41.1 Å². The third kappa shape index (κ3) is 3.34. The lowest BCUT2D eigenvalue weighted by Crippen LogP contribution is -2.17. The van der Waals surface area contributed by atoms with Crippen molar-refractivity contribution in [2.75, 3.05) is 7.11 Å². The second-order valence-electron chi connectivity index (χ2n) is 4.06. The standard InChI is InChI=1S/C14H16BrNOS/c1-10(13-7-8-14(15)18-13)16-9-11-5-3-4-6-12(11)17-2/h3-8,10,16H,9H2,1-2H3. The number of halogens is 1. The molecule has 4 heteroatoms. The summed E-state index contributed by atoms with van der Waals surface area (Å²) in [5, 5.41) is 3.51. The van der Waals surface area contributed by atoms with Crippen LogP contribution in [0.1, 0.15) is 23.4 Å². The van der Waals surface area contributed by atoms with Gasteiger partial charge in [0.1, 0.15) is 5.75 Å². The van der Waals surface area contributed by atoms with Crippen LogP contribution in [0.4, 0.5) is 0 Å². The Kier molecular flexibility index (Phi) is 4.80. The minimum atomic E-state index is 0.339. The molecule has 2 rings (SSSR count). The van der Waals surface area contributed by atoms with E-state index < -0.39 is 0 Å². The van der Waals surface area contributed by atoms with Gasteiger partial charge in [0.2, 0.25) is 0 Å². The number of rotatable bonds is 5. The van der Waals surface area contributed by atoms with Crippen molar-refractivity contribution in [2.45, 2.75) is 19.5 Å². The summed E-state index contributed by atoms with van der Waals surface area (Å²) < 4.78 is 6.51. The van der Waals surface area contributed by atoms with Gasteiger partial charge in [-0.15, -0.1) is 11.3 Å². The first-order valence-corrected chi connectivity index (χ1v) is 7.42. The predicted molar refractivity (Wildman–Crippen MR) is 80.3 cm³/mol. The molecule has 1 heterocycles. The number of methoxy groups -OCH3 is 1. The molecule has 0 aliphatic heterocycles. The zero-order valence-electron chi connectivity index (χ0n) is 10.4. The Morgan fingerprint density at radius 2 is 2.06 bits per heavy atom. The quantitative estimate of drug-likeness (QED) is 0.881.